The SMILES string of the molecule is CCNC(=NCc1ncnn1C)N1CCC(CN2CCCC2)C1. The third kappa shape index (κ3) is 4.22. The number of rotatable bonds is 5. The predicted molar refractivity (Wildman–Crippen MR) is 91.2 cm³/mol. The highest BCUT2D eigenvalue weighted by Gasteiger charge is 2.27. The number of guanidine groups is 1. The van der Waals surface area contributed by atoms with Crippen molar-refractivity contribution in [3.8, 4) is 0 Å². The highest BCUT2D eigenvalue weighted by molar-refractivity contribution is 5.80. The molecule has 3 rings (SSSR count). The number of hydrogen-bond donors (Lipinski definition) is 1. The van der Waals surface area contributed by atoms with E-state index >= 15 is 0 Å². The summed E-state index contributed by atoms with van der Waals surface area (Å²) in [6.07, 6.45) is 5.60. The molecule has 2 saturated heterocycles. The van der Waals surface area contributed by atoms with Gasteiger partial charge in [0.1, 0.15) is 18.7 Å². The van der Waals surface area contributed by atoms with Crippen molar-refractivity contribution in [1.29, 1.82) is 0 Å². The Balaban J connectivity index is 1.56. The van der Waals surface area contributed by atoms with E-state index in [1.54, 1.807) is 11.0 Å². The number of nitrogens with zero attached hydrogens (tertiary/aromatic N) is 6. The first kappa shape index (κ1) is 16.2. The Morgan fingerprint density at radius 1 is 1.35 bits per heavy atom. The van der Waals surface area contributed by atoms with Crippen molar-refractivity contribution in [2.45, 2.75) is 32.7 Å². The second kappa shape index (κ2) is 7.77. The molecule has 7 heteroatoms. The minimum atomic E-state index is 0.576. The van der Waals surface area contributed by atoms with Crippen LogP contribution in [-0.2, 0) is 13.6 Å². The molecule has 1 aromatic rings. The van der Waals surface area contributed by atoms with Crippen LogP contribution in [0.1, 0.15) is 32.0 Å². The molecular formula is C16H29N7. The topological polar surface area (TPSA) is 61.6 Å². The van der Waals surface area contributed by atoms with Crippen molar-refractivity contribution >= 4 is 5.96 Å². The maximum atomic E-state index is 4.76. The second-order valence-corrected chi connectivity index (χ2v) is 6.58. The number of likely N-dealkylation sites (tertiary alicyclic amines) is 2. The molecule has 0 saturated carbocycles. The monoisotopic (exact) mass is 319 g/mol. The molecule has 1 atom stereocenters. The van der Waals surface area contributed by atoms with E-state index in [0.29, 0.717) is 6.54 Å². The van der Waals surface area contributed by atoms with E-state index in [2.05, 4.69) is 32.1 Å². The van der Waals surface area contributed by atoms with Crippen LogP contribution in [0.25, 0.3) is 0 Å². The van der Waals surface area contributed by atoms with Crippen LogP contribution in [0.5, 0.6) is 0 Å². The zero-order chi connectivity index (χ0) is 16.1. The molecule has 128 valence electrons. The molecule has 0 radical (unpaired) electrons. The third-order valence-electron chi connectivity index (χ3n) is 4.81. The summed E-state index contributed by atoms with van der Waals surface area (Å²) in [6.45, 7) is 9.63. The van der Waals surface area contributed by atoms with E-state index in [-0.39, 0.29) is 0 Å². The molecule has 0 aliphatic carbocycles. The molecule has 1 aromatic heterocycles. The Morgan fingerprint density at radius 2 is 2.17 bits per heavy atom. The van der Waals surface area contributed by atoms with Gasteiger partial charge in [-0.15, -0.1) is 0 Å². The standard InChI is InChI=1S/C16H29N7/c1-3-17-16(18-10-15-19-13-20-21(15)2)23-9-6-14(12-23)11-22-7-4-5-8-22/h13-14H,3-12H2,1-2H3,(H,17,18). The van der Waals surface area contributed by atoms with Crippen molar-refractivity contribution in [3.05, 3.63) is 12.2 Å². The molecule has 0 amide bonds. The van der Waals surface area contributed by atoms with E-state index in [9.17, 15) is 0 Å². The first-order chi connectivity index (χ1) is 11.3. The van der Waals surface area contributed by atoms with Gasteiger partial charge in [-0.05, 0) is 45.2 Å². The largest absolute Gasteiger partial charge is 0.357 e. The Hall–Kier alpha value is -1.63. The molecule has 0 spiro atoms. The van der Waals surface area contributed by atoms with Crippen LogP contribution in [0.2, 0.25) is 0 Å². The van der Waals surface area contributed by atoms with E-state index in [1.807, 2.05) is 7.05 Å². The maximum absolute atomic E-state index is 4.76. The fourth-order valence-electron chi connectivity index (χ4n) is 3.54. The smallest absolute Gasteiger partial charge is 0.194 e. The summed E-state index contributed by atoms with van der Waals surface area (Å²) in [7, 11) is 1.91. The van der Waals surface area contributed by atoms with Crippen LogP contribution >= 0.6 is 0 Å². The fourth-order valence-corrected chi connectivity index (χ4v) is 3.54. The highest BCUT2D eigenvalue weighted by Crippen LogP contribution is 2.20. The molecule has 23 heavy (non-hydrogen) atoms. The van der Waals surface area contributed by atoms with Gasteiger partial charge in [0, 0.05) is 33.2 Å². The quantitative estimate of drug-likeness (QED) is 0.639. The molecule has 2 aliphatic heterocycles. The molecule has 2 aliphatic rings. The van der Waals surface area contributed by atoms with Gasteiger partial charge in [-0.2, -0.15) is 5.10 Å². The number of aryl methyl sites for hydroxylation is 1. The van der Waals surface area contributed by atoms with Crippen LogP contribution < -0.4 is 5.32 Å². The Morgan fingerprint density at radius 3 is 2.87 bits per heavy atom. The second-order valence-electron chi connectivity index (χ2n) is 6.58. The van der Waals surface area contributed by atoms with Crippen molar-refractivity contribution in [2.24, 2.45) is 18.0 Å². The first-order valence-electron chi connectivity index (χ1n) is 8.84. The van der Waals surface area contributed by atoms with Crippen LogP contribution in [0, 0.1) is 5.92 Å². The van der Waals surface area contributed by atoms with Crippen molar-refractivity contribution < 1.29 is 0 Å². The molecule has 2 fully saturated rings. The number of nitrogens with one attached hydrogen (secondary N) is 1. The molecule has 1 unspecified atom stereocenters. The molecule has 0 aromatic carbocycles. The zero-order valence-electron chi connectivity index (χ0n) is 14.4. The minimum Gasteiger partial charge on any atom is -0.357 e. The number of hydrogen-bond acceptors (Lipinski definition) is 4. The van der Waals surface area contributed by atoms with Gasteiger partial charge in [-0.25, -0.2) is 9.98 Å². The summed E-state index contributed by atoms with van der Waals surface area (Å²) in [5.41, 5.74) is 0. The lowest BCUT2D eigenvalue weighted by Crippen LogP contribution is -2.40. The Kier molecular flexibility index (Phi) is 5.48. The van der Waals surface area contributed by atoms with Crippen molar-refractivity contribution in [1.82, 2.24) is 29.9 Å². The Bertz CT molecular complexity index is 518. The summed E-state index contributed by atoms with van der Waals surface area (Å²) >= 11 is 0. The van der Waals surface area contributed by atoms with Crippen molar-refractivity contribution in [3.63, 3.8) is 0 Å². The fraction of sp³-hybridized carbons (Fsp3) is 0.812. The Labute approximate surface area is 138 Å². The van der Waals surface area contributed by atoms with Crippen molar-refractivity contribution in [2.75, 3.05) is 39.3 Å². The van der Waals surface area contributed by atoms with Gasteiger partial charge in [0.15, 0.2) is 5.96 Å². The normalized spacial score (nSPS) is 23.0. The molecular weight excluding hydrogens is 290 g/mol. The van der Waals surface area contributed by atoms with Gasteiger partial charge < -0.3 is 15.1 Å². The van der Waals surface area contributed by atoms with Crippen LogP contribution in [0.15, 0.2) is 11.3 Å². The lowest BCUT2D eigenvalue weighted by Gasteiger charge is -2.23. The predicted octanol–water partition coefficient (Wildman–Crippen LogP) is 0.698. The third-order valence-corrected chi connectivity index (χ3v) is 4.81. The first-order valence-corrected chi connectivity index (χ1v) is 8.84. The van der Waals surface area contributed by atoms with Gasteiger partial charge in [-0.1, -0.05) is 0 Å². The average molecular weight is 319 g/mol. The van der Waals surface area contributed by atoms with Crippen LogP contribution in [-0.4, -0.2) is 69.8 Å². The molecule has 0 bridgehead atoms. The van der Waals surface area contributed by atoms with Gasteiger partial charge >= 0.3 is 0 Å². The van der Waals surface area contributed by atoms with E-state index in [4.69, 9.17) is 4.99 Å². The average Bonchev–Trinajstić information content (AvgIpc) is 3.27. The molecule has 3 heterocycles. The van der Waals surface area contributed by atoms with E-state index in [1.165, 1.54) is 38.9 Å². The van der Waals surface area contributed by atoms with Gasteiger partial charge in [-0.3, -0.25) is 4.68 Å². The lowest BCUT2D eigenvalue weighted by atomic mass is 10.1. The molecule has 7 nitrogen and oxygen atoms in total. The van der Waals surface area contributed by atoms with Gasteiger partial charge in [0.25, 0.3) is 0 Å². The molecule has 1 N–H and O–H groups in total. The number of aliphatic imine (C=N–C) groups is 1. The summed E-state index contributed by atoms with van der Waals surface area (Å²) in [5.74, 6) is 2.68. The van der Waals surface area contributed by atoms with E-state index < -0.39 is 0 Å². The summed E-state index contributed by atoms with van der Waals surface area (Å²) in [6, 6.07) is 0. The lowest BCUT2D eigenvalue weighted by molar-refractivity contribution is 0.281. The minimum absolute atomic E-state index is 0.576. The van der Waals surface area contributed by atoms with Gasteiger partial charge in [0.2, 0.25) is 0 Å². The zero-order valence-corrected chi connectivity index (χ0v) is 14.4. The summed E-state index contributed by atoms with van der Waals surface area (Å²) in [5, 5.41) is 7.53. The summed E-state index contributed by atoms with van der Waals surface area (Å²) in [4.78, 5) is 14.0. The highest BCUT2D eigenvalue weighted by atomic mass is 15.3. The number of aromatic nitrogens is 3. The van der Waals surface area contributed by atoms with Crippen LogP contribution in [0.4, 0.5) is 0 Å². The maximum Gasteiger partial charge on any atom is 0.194 e. The van der Waals surface area contributed by atoms with Crippen LogP contribution in [0.3, 0.4) is 0 Å². The van der Waals surface area contributed by atoms with Gasteiger partial charge in [0.05, 0.1) is 0 Å². The summed E-state index contributed by atoms with van der Waals surface area (Å²) < 4.78 is 1.78. The van der Waals surface area contributed by atoms with E-state index in [0.717, 1.165) is 37.3 Å².